The lowest BCUT2D eigenvalue weighted by Crippen LogP contribution is -2.07. The third-order valence-electron chi connectivity index (χ3n) is 2.82. The van der Waals surface area contributed by atoms with E-state index in [9.17, 15) is 10.1 Å². The van der Waals surface area contributed by atoms with Crippen molar-refractivity contribution in [1.29, 1.82) is 0 Å². The van der Waals surface area contributed by atoms with Gasteiger partial charge in [0.15, 0.2) is 0 Å². The van der Waals surface area contributed by atoms with Crippen LogP contribution in [-0.4, -0.2) is 17.0 Å². The predicted octanol–water partition coefficient (Wildman–Crippen LogP) is 2.85. The smallest absolute Gasteiger partial charge is 0.311 e. The Hall–Kier alpha value is -2.54. The van der Waals surface area contributed by atoms with Gasteiger partial charge in [-0.25, -0.2) is 4.98 Å². The van der Waals surface area contributed by atoms with Crippen molar-refractivity contribution in [2.45, 2.75) is 6.54 Å². The van der Waals surface area contributed by atoms with Gasteiger partial charge in [0, 0.05) is 23.2 Å². The summed E-state index contributed by atoms with van der Waals surface area (Å²) < 4.78 is 5.21. The van der Waals surface area contributed by atoms with Crippen LogP contribution in [0.4, 0.5) is 17.3 Å². The average molecular weight is 309 g/mol. The molecule has 0 spiro atoms. The Kier molecular flexibility index (Phi) is 4.44. The second kappa shape index (κ2) is 6.27. The minimum Gasteiger partial charge on any atom is -0.496 e. The fourth-order valence-corrected chi connectivity index (χ4v) is 2.05. The van der Waals surface area contributed by atoms with Gasteiger partial charge in [0.25, 0.3) is 0 Å². The molecule has 0 aliphatic rings. The van der Waals surface area contributed by atoms with E-state index >= 15 is 0 Å². The number of methoxy groups -OCH3 is 1. The highest BCUT2D eigenvalue weighted by atomic mass is 35.5. The SMILES string of the molecule is COc1cccc(Cl)c1CNc1nc(N)ccc1[N+](=O)[O-]. The number of nitro groups is 1. The Morgan fingerprint density at radius 1 is 1.43 bits per heavy atom. The van der Waals surface area contributed by atoms with Gasteiger partial charge in [0.1, 0.15) is 11.6 Å². The molecule has 8 heteroatoms. The van der Waals surface area contributed by atoms with Crippen molar-refractivity contribution in [3.63, 3.8) is 0 Å². The number of aromatic nitrogens is 1. The molecular formula is C13H13ClN4O3. The van der Waals surface area contributed by atoms with Crippen molar-refractivity contribution < 1.29 is 9.66 Å². The molecule has 0 atom stereocenters. The van der Waals surface area contributed by atoms with Crippen LogP contribution >= 0.6 is 11.6 Å². The van der Waals surface area contributed by atoms with Crippen LogP contribution in [0.5, 0.6) is 5.75 Å². The van der Waals surface area contributed by atoms with E-state index < -0.39 is 4.92 Å². The number of hydrogen-bond donors (Lipinski definition) is 2. The summed E-state index contributed by atoms with van der Waals surface area (Å²) in [5.41, 5.74) is 6.08. The van der Waals surface area contributed by atoms with Crippen molar-refractivity contribution in [2.24, 2.45) is 0 Å². The predicted molar refractivity (Wildman–Crippen MR) is 80.6 cm³/mol. The molecule has 0 amide bonds. The normalized spacial score (nSPS) is 10.2. The summed E-state index contributed by atoms with van der Waals surface area (Å²) >= 11 is 6.11. The molecule has 0 aliphatic carbocycles. The van der Waals surface area contributed by atoms with Crippen LogP contribution in [0, 0.1) is 10.1 Å². The number of anilines is 2. The van der Waals surface area contributed by atoms with Gasteiger partial charge < -0.3 is 15.8 Å². The molecule has 0 bridgehead atoms. The topological polar surface area (TPSA) is 103 Å². The molecule has 0 aliphatic heterocycles. The first-order chi connectivity index (χ1) is 10.0. The number of nitrogens with zero attached hydrogens (tertiary/aromatic N) is 2. The molecule has 2 aromatic rings. The van der Waals surface area contributed by atoms with Gasteiger partial charge in [0.2, 0.25) is 5.82 Å². The molecule has 3 N–H and O–H groups in total. The molecule has 1 heterocycles. The van der Waals surface area contributed by atoms with Gasteiger partial charge in [0.05, 0.1) is 12.0 Å². The lowest BCUT2D eigenvalue weighted by molar-refractivity contribution is -0.384. The number of nitrogen functional groups attached to an aromatic ring is 1. The van der Waals surface area contributed by atoms with Crippen LogP contribution in [0.25, 0.3) is 0 Å². The monoisotopic (exact) mass is 308 g/mol. The highest BCUT2D eigenvalue weighted by Crippen LogP contribution is 2.29. The Bertz CT molecular complexity index is 678. The van der Waals surface area contributed by atoms with Gasteiger partial charge in [-0.2, -0.15) is 0 Å². The van der Waals surface area contributed by atoms with Crippen LogP contribution in [0.1, 0.15) is 5.56 Å². The first-order valence-electron chi connectivity index (χ1n) is 5.99. The van der Waals surface area contributed by atoms with Crippen molar-refractivity contribution in [2.75, 3.05) is 18.2 Å². The fraction of sp³-hybridized carbons (Fsp3) is 0.154. The highest BCUT2D eigenvalue weighted by molar-refractivity contribution is 6.31. The van der Waals surface area contributed by atoms with E-state index in [0.29, 0.717) is 16.3 Å². The van der Waals surface area contributed by atoms with Gasteiger partial charge in [-0.1, -0.05) is 17.7 Å². The largest absolute Gasteiger partial charge is 0.496 e. The number of nitrogens with one attached hydrogen (secondary N) is 1. The maximum absolute atomic E-state index is 11.0. The van der Waals surface area contributed by atoms with E-state index in [1.807, 2.05) is 0 Å². The lowest BCUT2D eigenvalue weighted by atomic mass is 10.2. The highest BCUT2D eigenvalue weighted by Gasteiger charge is 2.16. The number of benzene rings is 1. The Morgan fingerprint density at radius 3 is 2.86 bits per heavy atom. The van der Waals surface area contributed by atoms with E-state index in [1.54, 1.807) is 18.2 Å². The van der Waals surface area contributed by atoms with Gasteiger partial charge in [-0.3, -0.25) is 10.1 Å². The second-order valence-corrected chi connectivity index (χ2v) is 4.54. The number of rotatable bonds is 5. The molecule has 0 saturated heterocycles. The van der Waals surface area contributed by atoms with Crippen LogP contribution in [-0.2, 0) is 6.54 Å². The molecular weight excluding hydrogens is 296 g/mol. The summed E-state index contributed by atoms with van der Waals surface area (Å²) in [6.45, 7) is 0.222. The number of nitrogens with two attached hydrogens (primary N) is 1. The Morgan fingerprint density at radius 2 is 2.19 bits per heavy atom. The quantitative estimate of drug-likeness (QED) is 0.650. The summed E-state index contributed by atoms with van der Waals surface area (Å²) in [5.74, 6) is 0.859. The third-order valence-corrected chi connectivity index (χ3v) is 3.17. The van der Waals surface area contributed by atoms with E-state index in [4.69, 9.17) is 22.1 Å². The van der Waals surface area contributed by atoms with E-state index in [2.05, 4.69) is 10.3 Å². The summed E-state index contributed by atoms with van der Waals surface area (Å²) in [6.07, 6.45) is 0. The zero-order chi connectivity index (χ0) is 15.4. The average Bonchev–Trinajstić information content (AvgIpc) is 2.45. The van der Waals surface area contributed by atoms with Crippen molar-refractivity contribution in [3.05, 3.63) is 51.0 Å². The maximum Gasteiger partial charge on any atom is 0.311 e. The summed E-state index contributed by atoms with van der Waals surface area (Å²) in [4.78, 5) is 14.4. The lowest BCUT2D eigenvalue weighted by Gasteiger charge is -2.12. The zero-order valence-corrected chi connectivity index (χ0v) is 11.9. The van der Waals surface area contributed by atoms with Crippen LogP contribution in [0.3, 0.4) is 0 Å². The first kappa shape index (κ1) is 14.9. The molecule has 0 unspecified atom stereocenters. The molecule has 1 aromatic heterocycles. The minimum atomic E-state index is -0.529. The number of halogens is 1. The van der Waals surface area contributed by atoms with Gasteiger partial charge >= 0.3 is 5.69 Å². The van der Waals surface area contributed by atoms with Crippen molar-refractivity contribution in [1.82, 2.24) is 4.98 Å². The summed E-state index contributed by atoms with van der Waals surface area (Å²) in [6, 6.07) is 7.89. The van der Waals surface area contributed by atoms with Crippen LogP contribution in [0.2, 0.25) is 5.02 Å². The number of pyridine rings is 1. The zero-order valence-electron chi connectivity index (χ0n) is 11.2. The second-order valence-electron chi connectivity index (χ2n) is 4.14. The number of hydrogen-bond acceptors (Lipinski definition) is 6. The van der Waals surface area contributed by atoms with Crippen molar-refractivity contribution in [3.8, 4) is 5.75 Å². The Labute approximate surface area is 125 Å². The molecule has 21 heavy (non-hydrogen) atoms. The van der Waals surface area contributed by atoms with Gasteiger partial charge in [-0.15, -0.1) is 0 Å². The molecule has 2 rings (SSSR count). The fourth-order valence-electron chi connectivity index (χ4n) is 1.82. The molecule has 0 fully saturated rings. The van der Waals surface area contributed by atoms with Crippen LogP contribution < -0.4 is 15.8 Å². The Balaban J connectivity index is 2.28. The molecule has 0 saturated carbocycles. The molecule has 110 valence electrons. The maximum atomic E-state index is 11.0. The van der Waals surface area contributed by atoms with Crippen molar-refractivity contribution >= 4 is 28.9 Å². The van der Waals surface area contributed by atoms with E-state index in [-0.39, 0.29) is 23.9 Å². The first-order valence-corrected chi connectivity index (χ1v) is 6.37. The van der Waals surface area contributed by atoms with E-state index in [0.717, 1.165) is 0 Å². The minimum absolute atomic E-state index is 0.0852. The standard InChI is InChI=1S/C13H13ClN4O3/c1-21-11-4-2-3-9(14)8(11)7-16-13-10(18(19)20)5-6-12(15)17-13/h2-6H,7H2,1H3,(H3,15,16,17). The molecule has 1 aromatic carbocycles. The van der Waals surface area contributed by atoms with Crippen LogP contribution in [0.15, 0.2) is 30.3 Å². The number of ether oxygens (including phenoxy) is 1. The summed E-state index contributed by atoms with van der Waals surface area (Å²) in [5, 5.41) is 14.3. The molecule has 7 nitrogen and oxygen atoms in total. The third kappa shape index (κ3) is 3.32. The van der Waals surface area contributed by atoms with E-state index in [1.165, 1.54) is 19.2 Å². The van der Waals surface area contributed by atoms with Gasteiger partial charge in [-0.05, 0) is 18.2 Å². The molecule has 0 radical (unpaired) electrons. The summed E-state index contributed by atoms with van der Waals surface area (Å²) in [7, 11) is 1.52.